The molecule has 43 heavy (non-hydrogen) atoms. The van der Waals surface area contributed by atoms with Crippen LogP contribution in [0.15, 0.2) is 30.3 Å². The van der Waals surface area contributed by atoms with Crippen LogP contribution in [0.3, 0.4) is 0 Å². The molecule has 234 valence electrons. The molecule has 4 atom stereocenters. The van der Waals surface area contributed by atoms with E-state index in [0.717, 1.165) is 0 Å². The fourth-order valence-electron chi connectivity index (χ4n) is 5.33. The Balaban J connectivity index is 1.99. The van der Waals surface area contributed by atoms with E-state index in [9.17, 15) is 20.2 Å². The zero-order valence-electron chi connectivity index (χ0n) is 25.5. The Morgan fingerprint density at radius 1 is 1.12 bits per heavy atom. The van der Waals surface area contributed by atoms with Crippen molar-refractivity contribution in [2.75, 3.05) is 34.0 Å². The van der Waals surface area contributed by atoms with Gasteiger partial charge >= 0.3 is 5.97 Å². The highest BCUT2D eigenvalue weighted by atomic mass is 16.6. The number of nitrogens with zero attached hydrogens (tertiary/aromatic N) is 2. The molecular formula is C31H40N2O10. The molecule has 0 radical (unpaired) electrons. The van der Waals surface area contributed by atoms with Gasteiger partial charge in [-0.2, -0.15) is 5.26 Å². The second kappa shape index (κ2) is 15.2. The summed E-state index contributed by atoms with van der Waals surface area (Å²) in [5.74, 6) is 1.65. The number of fused-ring (bicyclic) bond motifs is 1. The van der Waals surface area contributed by atoms with E-state index in [4.69, 9.17) is 33.2 Å². The number of hydrogen-bond donors (Lipinski definition) is 0. The predicted molar refractivity (Wildman–Crippen MR) is 156 cm³/mol. The number of para-hydroxylation sites is 2. The molecule has 1 heterocycles. The van der Waals surface area contributed by atoms with Crippen LogP contribution in [0.2, 0.25) is 0 Å². The molecule has 0 saturated heterocycles. The van der Waals surface area contributed by atoms with E-state index >= 15 is 0 Å². The summed E-state index contributed by atoms with van der Waals surface area (Å²) in [6.45, 7) is 7.38. The quantitative estimate of drug-likeness (QED) is 0.141. The number of methoxy groups -OCH3 is 2. The lowest BCUT2D eigenvalue weighted by atomic mass is 9.74. The maximum absolute atomic E-state index is 12.4. The lowest BCUT2D eigenvalue weighted by molar-refractivity contribution is -0.536. The van der Waals surface area contributed by atoms with E-state index < -0.39 is 34.6 Å². The number of nitro groups is 1. The average molecular weight is 601 g/mol. The molecule has 12 nitrogen and oxygen atoms in total. The molecule has 0 amide bonds. The highest BCUT2D eigenvalue weighted by molar-refractivity contribution is 5.66. The summed E-state index contributed by atoms with van der Waals surface area (Å²) in [6.07, 6.45) is -1.42. The fourth-order valence-corrected chi connectivity index (χ4v) is 5.33. The molecule has 1 aliphatic heterocycles. The molecule has 12 heteroatoms. The van der Waals surface area contributed by atoms with E-state index in [-0.39, 0.29) is 38.2 Å². The SMILES string of the molecule is CCOc1cc(C(C#N)(CC)CCC(OC(C)=O)C(CC2COc3ccccc3O2)[N+](=O)[O-])c(OCC)c(OC)c1OC. The first kappa shape index (κ1) is 33.1. The van der Waals surface area contributed by atoms with Gasteiger partial charge in [-0.3, -0.25) is 14.9 Å². The minimum absolute atomic E-state index is 0.0146. The first-order chi connectivity index (χ1) is 20.7. The van der Waals surface area contributed by atoms with Gasteiger partial charge in [0.05, 0.1) is 45.3 Å². The molecule has 1 aliphatic rings. The third-order valence-corrected chi connectivity index (χ3v) is 7.43. The topological polar surface area (TPSA) is 149 Å². The number of carbonyl (C=O) groups is 1. The number of rotatable bonds is 16. The minimum atomic E-state index is -1.31. The lowest BCUT2D eigenvalue weighted by Crippen LogP contribution is -2.43. The largest absolute Gasteiger partial charge is 0.490 e. The molecule has 0 fully saturated rings. The summed E-state index contributed by atoms with van der Waals surface area (Å²) in [5, 5.41) is 23.0. The van der Waals surface area contributed by atoms with Crippen molar-refractivity contribution in [3.63, 3.8) is 0 Å². The molecule has 0 aliphatic carbocycles. The zero-order chi connectivity index (χ0) is 31.6. The van der Waals surface area contributed by atoms with E-state index in [1.165, 1.54) is 21.1 Å². The summed E-state index contributed by atoms with van der Waals surface area (Å²) >= 11 is 0. The van der Waals surface area contributed by atoms with Crippen molar-refractivity contribution in [2.24, 2.45) is 0 Å². The Hall–Kier alpha value is -4.40. The highest BCUT2D eigenvalue weighted by Crippen LogP contribution is 2.52. The Labute approximate surface area is 251 Å². The number of hydrogen-bond acceptors (Lipinski definition) is 11. The van der Waals surface area contributed by atoms with Gasteiger partial charge in [0.15, 0.2) is 29.1 Å². The summed E-state index contributed by atoms with van der Waals surface area (Å²) in [5.41, 5.74) is -0.723. The standard InChI is InChI=1S/C31H40N2O10/c1-7-31(19-32,22-17-27(39-8-2)29(37-5)30(38-6)28(22)40-9-3)15-14-24(42-20(4)34)23(33(35)36)16-21-18-41-25-12-10-11-13-26(25)43-21/h10-13,17,21,23-24H,7-9,14-16,18H2,1-6H3. The number of nitriles is 1. The average Bonchev–Trinajstić information content (AvgIpc) is 3.00. The Morgan fingerprint density at radius 3 is 2.35 bits per heavy atom. The first-order valence-corrected chi connectivity index (χ1v) is 14.3. The van der Waals surface area contributed by atoms with E-state index in [2.05, 4.69) is 6.07 Å². The Bertz CT molecular complexity index is 1310. The second-order valence-electron chi connectivity index (χ2n) is 10.0. The first-order valence-electron chi connectivity index (χ1n) is 14.3. The monoisotopic (exact) mass is 600 g/mol. The van der Waals surface area contributed by atoms with Crippen LogP contribution >= 0.6 is 0 Å². The Kier molecular flexibility index (Phi) is 11.7. The van der Waals surface area contributed by atoms with E-state index in [1.807, 2.05) is 13.8 Å². The summed E-state index contributed by atoms with van der Waals surface area (Å²) in [7, 11) is 2.95. The van der Waals surface area contributed by atoms with Gasteiger partial charge in [-0.1, -0.05) is 19.1 Å². The minimum Gasteiger partial charge on any atom is -0.490 e. The Morgan fingerprint density at radius 2 is 1.79 bits per heavy atom. The molecule has 2 aromatic carbocycles. The van der Waals surface area contributed by atoms with Crippen molar-refractivity contribution < 1.29 is 42.9 Å². The van der Waals surface area contributed by atoms with Crippen molar-refractivity contribution >= 4 is 5.97 Å². The molecule has 3 rings (SSSR count). The summed E-state index contributed by atoms with van der Waals surface area (Å²) in [4.78, 5) is 24.1. The fraction of sp³-hybridized carbons (Fsp3) is 0.548. The van der Waals surface area contributed by atoms with E-state index in [0.29, 0.717) is 47.3 Å². The smallest absolute Gasteiger partial charge is 0.303 e. The number of benzene rings is 2. The normalized spacial score (nSPS) is 16.5. The van der Waals surface area contributed by atoms with Gasteiger partial charge in [0, 0.05) is 17.4 Å². The highest BCUT2D eigenvalue weighted by Gasteiger charge is 2.43. The van der Waals surface area contributed by atoms with Gasteiger partial charge < -0.3 is 33.2 Å². The van der Waals surface area contributed by atoms with Gasteiger partial charge in [-0.05, 0) is 51.3 Å². The van der Waals surface area contributed by atoms with Crippen LogP contribution in [0.25, 0.3) is 0 Å². The summed E-state index contributed by atoms with van der Waals surface area (Å²) < 4.78 is 40.3. The van der Waals surface area contributed by atoms with Crippen LogP contribution < -0.4 is 28.4 Å². The van der Waals surface area contributed by atoms with Gasteiger partial charge in [0.2, 0.25) is 11.5 Å². The molecule has 2 aromatic rings. The molecule has 0 saturated carbocycles. The number of ether oxygens (including phenoxy) is 7. The third kappa shape index (κ3) is 7.52. The molecule has 0 spiro atoms. The maximum atomic E-state index is 12.4. The van der Waals surface area contributed by atoms with Crippen molar-refractivity contribution in [2.45, 2.75) is 77.0 Å². The third-order valence-electron chi connectivity index (χ3n) is 7.43. The van der Waals surface area contributed by atoms with Gasteiger partial charge in [-0.25, -0.2) is 0 Å². The van der Waals surface area contributed by atoms with Crippen LogP contribution in [0.4, 0.5) is 0 Å². The number of esters is 1. The molecular weight excluding hydrogens is 560 g/mol. The summed E-state index contributed by atoms with van der Waals surface area (Å²) in [6, 6.07) is 9.87. The van der Waals surface area contributed by atoms with Crippen LogP contribution in [0.1, 0.15) is 58.9 Å². The van der Waals surface area contributed by atoms with Crippen molar-refractivity contribution in [1.82, 2.24) is 0 Å². The van der Waals surface area contributed by atoms with Gasteiger partial charge in [-0.15, -0.1) is 0 Å². The molecule has 0 N–H and O–H groups in total. The van der Waals surface area contributed by atoms with Crippen molar-refractivity contribution in [1.29, 1.82) is 5.26 Å². The molecule has 0 aromatic heterocycles. The zero-order valence-corrected chi connectivity index (χ0v) is 25.5. The van der Waals surface area contributed by atoms with Crippen molar-refractivity contribution in [3.05, 3.63) is 46.0 Å². The van der Waals surface area contributed by atoms with Crippen molar-refractivity contribution in [3.8, 4) is 40.6 Å². The van der Waals surface area contributed by atoms with Crippen LogP contribution in [-0.2, 0) is 14.9 Å². The second-order valence-corrected chi connectivity index (χ2v) is 10.0. The predicted octanol–water partition coefficient (Wildman–Crippen LogP) is 5.26. The number of carbonyl (C=O) groups excluding carboxylic acids is 1. The molecule has 4 unspecified atom stereocenters. The lowest BCUT2D eigenvalue weighted by Gasteiger charge is -2.32. The van der Waals surface area contributed by atoms with Crippen LogP contribution in [0.5, 0.6) is 34.5 Å². The molecule has 0 bridgehead atoms. The van der Waals surface area contributed by atoms with E-state index in [1.54, 1.807) is 37.3 Å². The van der Waals surface area contributed by atoms with Gasteiger partial charge in [0.25, 0.3) is 6.04 Å². The maximum Gasteiger partial charge on any atom is 0.303 e. The van der Waals surface area contributed by atoms with Gasteiger partial charge in [0.1, 0.15) is 12.7 Å². The van der Waals surface area contributed by atoms with Crippen LogP contribution in [-0.4, -0.2) is 63.2 Å². The van der Waals surface area contributed by atoms with Crippen LogP contribution in [0, 0.1) is 21.4 Å².